The minimum Gasteiger partial charge on any atom is -0.350 e. The fourth-order valence-corrected chi connectivity index (χ4v) is 2.52. The normalized spacial score (nSPS) is 10.7. The Hall–Kier alpha value is -3.49. The zero-order chi connectivity index (χ0) is 18.7. The molecule has 9 heteroatoms. The number of carbonyl (C=O) groups excluding carboxylic acids is 1. The highest BCUT2D eigenvalue weighted by Gasteiger charge is 2.13. The van der Waals surface area contributed by atoms with Gasteiger partial charge in [0.05, 0.1) is 6.54 Å². The van der Waals surface area contributed by atoms with E-state index in [1.54, 1.807) is 44.8 Å². The van der Waals surface area contributed by atoms with Crippen molar-refractivity contribution in [1.82, 2.24) is 29.2 Å². The van der Waals surface area contributed by atoms with Gasteiger partial charge in [-0.1, -0.05) is 0 Å². The number of carbonyl (C=O) groups is 1. The van der Waals surface area contributed by atoms with Crippen LogP contribution >= 0.6 is 0 Å². The molecule has 0 fully saturated rings. The zero-order valence-corrected chi connectivity index (χ0v) is 14.4. The Bertz CT molecular complexity index is 1050. The predicted molar refractivity (Wildman–Crippen MR) is 94.7 cm³/mol. The second kappa shape index (κ2) is 7.18. The van der Waals surface area contributed by atoms with E-state index in [1.165, 1.54) is 19.9 Å². The van der Waals surface area contributed by atoms with E-state index in [4.69, 9.17) is 0 Å². The summed E-state index contributed by atoms with van der Waals surface area (Å²) >= 11 is 0. The molecular formula is C17H18N6O3. The van der Waals surface area contributed by atoms with Gasteiger partial charge in [0.25, 0.3) is 11.5 Å². The van der Waals surface area contributed by atoms with Crippen molar-refractivity contribution in [3.05, 3.63) is 69.3 Å². The Labute approximate surface area is 148 Å². The van der Waals surface area contributed by atoms with Crippen LogP contribution in [0, 0.1) is 0 Å². The molecule has 1 N–H and O–H groups in total. The second-order valence-electron chi connectivity index (χ2n) is 5.72. The molecule has 0 saturated carbocycles. The molecule has 0 bridgehead atoms. The van der Waals surface area contributed by atoms with E-state index in [1.807, 2.05) is 6.07 Å². The summed E-state index contributed by atoms with van der Waals surface area (Å²) in [7, 11) is 3.20. The molecular weight excluding hydrogens is 336 g/mol. The van der Waals surface area contributed by atoms with Crippen molar-refractivity contribution in [1.29, 1.82) is 0 Å². The van der Waals surface area contributed by atoms with Crippen molar-refractivity contribution in [2.75, 3.05) is 6.54 Å². The third-order valence-electron chi connectivity index (χ3n) is 3.94. The van der Waals surface area contributed by atoms with Crippen LogP contribution in [0.5, 0.6) is 0 Å². The number of aryl methyl sites for hydroxylation is 1. The van der Waals surface area contributed by atoms with Crippen LogP contribution in [-0.4, -0.2) is 36.4 Å². The maximum atomic E-state index is 12.3. The molecule has 1 amide bonds. The lowest BCUT2D eigenvalue weighted by Gasteiger charge is -2.05. The second-order valence-corrected chi connectivity index (χ2v) is 5.72. The molecule has 0 unspecified atom stereocenters. The standard InChI is InChI=1S/C17H18N6O3/c1-21-9-4-6-13(16(21)25)15(24)19-8-10-23-17(26)22(2)14(20-23)12-5-3-7-18-11-12/h3-7,9,11H,8,10H2,1-2H3,(H,19,24). The first kappa shape index (κ1) is 17.3. The van der Waals surface area contributed by atoms with E-state index in [-0.39, 0.29) is 29.9 Å². The van der Waals surface area contributed by atoms with Crippen LogP contribution in [0.3, 0.4) is 0 Å². The average molecular weight is 354 g/mol. The van der Waals surface area contributed by atoms with E-state index in [0.717, 1.165) is 5.56 Å². The van der Waals surface area contributed by atoms with Crippen LogP contribution in [0.15, 0.2) is 52.4 Å². The topological polar surface area (TPSA) is 104 Å². The molecule has 9 nitrogen and oxygen atoms in total. The maximum Gasteiger partial charge on any atom is 0.345 e. The van der Waals surface area contributed by atoms with E-state index < -0.39 is 5.91 Å². The van der Waals surface area contributed by atoms with Crippen LogP contribution in [-0.2, 0) is 20.6 Å². The van der Waals surface area contributed by atoms with Crippen molar-refractivity contribution in [2.45, 2.75) is 6.54 Å². The summed E-state index contributed by atoms with van der Waals surface area (Å²) in [5, 5.41) is 6.93. The summed E-state index contributed by atoms with van der Waals surface area (Å²) in [6.45, 7) is 0.353. The van der Waals surface area contributed by atoms with Crippen molar-refractivity contribution in [3.63, 3.8) is 0 Å². The van der Waals surface area contributed by atoms with Crippen LogP contribution in [0.1, 0.15) is 10.4 Å². The van der Waals surface area contributed by atoms with Crippen molar-refractivity contribution >= 4 is 5.91 Å². The van der Waals surface area contributed by atoms with Gasteiger partial charge in [-0.15, -0.1) is 5.10 Å². The summed E-state index contributed by atoms with van der Waals surface area (Å²) in [6, 6.07) is 6.66. The Morgan fingerprint density at radius 1 is 1.19 bits per heavy atom. The maximum absolute atomic E-state index is 12.3. The monoisotopic (exact) mass is 354 g/mol. The van der Waals surface area contributed by atoms with Gasteiger partial charge < -0.3 is 9.88 Å². The highest BCUT2D eigenvalue weighted by molar-refractivity contribution is 5.93. The van der Waals surface area contributed by atoms with Gasteiger partial charge in [0, 0.05) is 44.8 Å². The quantitative estimate of drug-likeness (QED) is 0.682. The smallest absolute Gasteiger partial charge is 0.345 e. The molecule has 0 radical (unpaired) electrons. The molecule has 0 atom stereocenters. The predicted octanol–water partition coefficient (Wildman–Crippen LogP) is -0.227. The number of aromatic nitrogens is 5. The summed E-state index contributed by atoms with van der Waals surface area (Å²) in [6.07, 6.45) is 4.84. The largest absolute Gasteiger partial charge is 0.350 e. The van der Waals surface area contributed by atoms with Gasteiger partial charge in [-0.25, -0.2) is 9.48 Å². The molecule has 3 aromatic heterocycles. The first-order valence-electron chi connectivity index (χ1n) is 7.97. The van der Waals surface area contributed by atoms with Crippen LogP contribution in [0.2, 0.25) is 0 Å². The minimum atomic E-state index is -0.484. The first-order valence-corrected chi connectivity index (χ1v) is 7.97. The third kappa shape index (κ3) is 3.32. The molecule has 0 aromatic carbocycles. The number of pyridine rings is 2. The molecule has 0 spiro atoms. The number of nitrogens with zero attached hydrogens (tertiary/aromatic N) is 5. The van der Waals surface area contributed by atoms with Crippen molar-refractivity contribution in [3.8, 4) is 11.4 Å². The van der Waals surface area contributed by atoms with Gasteiger partial charge >= 0.3 is 5.69 Å². The summed E-state index contributed by atoms with van der Waals surface area (Å²) in [5.74, 6) is 0.00835. The van der Waals surface area contributed by atoms with E-state index in [9.17, 15) is 14.4 Å². The van der Waals surface area contributed by atoms with Gasteiger partial charge in [0.15, 0.2) is 5.82 Å². The molecule has 26 heavy (non-hydrogen) atoms. The van der Waals surface area contributed by atoms with Crippen LogP contribution in [0.25, 0.3) is 11.4 Å². The lowest BCUT2D eigenvalue weighted by molar-refractivity contribution is 0.0949. The molecule has 0 aliphatic heterocycles. The Balaban J connectivity index is 1.71. The number of hydrogen-bond acceptors (Lipinski definition) is 5. The molecule has 3 heterocycles. The fourth-order valence-electron chi connectivity index (χ4n) is 2.52. The highest BCUT2D eigenvalue weighted by atomic mass is 16.2. The van der Waals surface area contributed by atoms with Gasteiger partial charge in [-0.3, -0.25) is 19.1 Å². The highest BCUT2D eigenvalue weighted by Crippen LogP contribution is 2.12. The average Bonchev–Trinajstić information content (AvgIpc) is 2.93. The lowest BCUT2D eigenvalue weighted by Crippen LogP contribution is -2.35. The van der Waals surface area contributed by atoms with Gasteiger partial charge in [-0.2, -0.15) is 0 Å². The first-order chi connectivity index (χ1) is 12.5. The van der Waals surface area contributed by atoms with Gasteiger partial charge in [0.1, 0.15) is 5.56 Å². The molecule has 0 saturated heterocycles. The fraction of sp³-hybridized carbons (Fsp3) is 0.235. The molecule has 134 valence electrons. The molecule has 3 aromatic rings. The molecule has 3 rings (SSSR count). The SMILES string of the molecule is Cn1cccc(C(=O)NCCn2nc(-c3cccnc3)n(C)c2=O)c1=O. The Kier molecular flexibility index (Phi) is 4.78. The number of hydrogen-bond donors (Lipinski definition) is 1. The van der Waals surface area contributed by atoms with Gasteiger partial charge in [0.2, 0.25) is 0 Å². The number of rotatable bonds is 5. The van der Waals surface area contributed by atoms with E-state index in [2.05, 4.69) is 15.4 Å². The van der Waals surface area contributed by atoms with E-state index in [0.29, 0.717) is 5.82 Å². The van der Waals surface area contributed by atoms with E-state index >= 15 is 0 Å². The van der Waals surface area contributed by atoms with Crippen LogP contribution in [0.4, 0.5) is 0 Å². The number of nitrogens with one attached hydrogen (secondary N) is 1. The zero-order valence-electron chi connectivity index (χ0n) is 14.4. The summed E-state index contributed by atoms with van der Waals surface area (Å²) in [5.41, 5.74) is 0.106. The molecule has 0 aliphatic rings. The van der Waals surface area contributed by atoms with Crippen molar-refractivity contribution < 1.29 is 4.79 Å². The summed E-state index contributed by atoms with van der Waals surface area (Å²) < 4.78 is 4.02. The summed E-state index contributed by atoms with van der Waals surface area (Å²) in [4.78, 5) is 40.4. The minimum absolute atomic E-state index is 0.0550. The Morgan fingerprint density at radius 2 is 2.00 bits per heavy atom. The van der Waals surface area contributed by atoms with Crippen LogP contribution < -0.4 is 16.6 Å². The molecule has 0 aliphatic carbocycles. The van der Waals surface area contributed by atoms with Crippen molar-refractivity contribution in [2.24, 2.45) is 14.1 Å². The van der Waals surface area contributed by atoms with Gasteiger partial charge in [-0.05, 0) is 24.3 Å². The Morgan fingerprint density at radius 3 is 2.73 bits per heavy atom. The lowest BCUT2D eigenvalue weighted by atomic mass is 10.2. The number of amides is 1. The third-order valence-corrected chi connectivity index (χ3v) is 3.94.